The first-order chi connectivity index (χ1) is 12.3. The van der Waals surface area contributed by atoms with Gasteiger partial charge in [-0.1, -0.05) is 12.1 Å². The Morgan fingerprint density at radius 1 is 1.20 bits per heavy atom. The smallest absolute Gasteiger partial charge is 0.317 e. The molecule has 6 nitrogen and oxygen atoms in total. The molecule has 1 fully saturated rings. The number of carbonyl (C=O) groups is 1. The van der Waals surface area contributed by atoms with Gasteiger partial charge in [0.15, 0.2) is 0 Å². The monoisotopic (exact) mass is 347 g/mol. The van der Waals surface area contributed by atoms with Crippen molar-refractivity contribution in [3.8, 4) is 5.75 Å². The first-order valence-electron chi connectivity index (χ1n) is 9.25. The van der Waals surface area contributed by atoms with Crippen molar-refractivity contribution in [2.45, 2.75) is 19.3 Å². The highest BCUT2D eigenvalue weighted by Gasteiger charge is 2.20. The molecule has 2 heterocycles. The maximum Gasteiger partial charge on any atom is 0.317 e. The van der Waals surface area contributed by atoms with E-state index in [1.165, 1.54) is 11.1 Å². The summed E-state index contributed by atoms with van der Waals surface area (Å²) in [5.41, 5.74) is 2.53. The molecule has 0 bridgehead atoms. The highest BCUT2D eigenvalue weighted by molar-refractivity contribution is 5.74. The molecule has 2 amide bonds. The van der Waals surface area contributed by atoms with Crippen LogP contribution in [0.4, 0.5) is 4.79 Å². The number of ether oxygens (including phenoxy) is 2. The number of rotatable bonds is 4. The van der Waals surface area contributed by atoms with Gasteiger partial charge in [0.2, 0.25) is 0 Å². The molecule has 1 saturated heterocycles. The molecule has 6 heteroatoms. The van der Waals surface area contributed by atoms with Crippen LogP contribution in [0.3, 0.4) is 0 Å². The van der Waals surface area contributed by atoms with Crippen LogP contribution in [-0.2, 0) is 17.6 Å². The average Bonchev–Trinajstić information content (AvgIpc) is 3.02. The number of amides is 2. The van der Waals surface area contributed by atoms with E-state index in [2.05, 4.69) is 16.3 Å². The van der Waals surface area contributed by atoms with Crippen molar-refractivity contribution in [2.75, 3.05) is 59.6 Å². The van der Waals surface area contributed by atoms with Crippen molar-refractivity contribution >= 4 is 6.03 Å². The molecule has 0 aromatic heterocycles. The van der Waals surface area contributed by atoms with Crippen LogP contribution in [-0.4, -0.2) is 75.4 Å². The van der Waals surface area contributed by atoms with Crippen LogP contribution in [0.1, 0.15) is 17.5 Å². The Bertz CT molecular complexity index is 571. The van der Waals surface area contributed by atoms with E-state index in [-0.39, 0.29) is 6.03 Å². The van der Waals surface area contributed by atoms with Crippen LogP contribution >= 0.6 is 0 Å². The minimum atomic E-state index is 0.0397. The van der Waals surface area contributed by atoms with Gasteiger partial charge >= 0.3 is 6.03 Å². The highest BCUT2D eigenvalue weighted by Crippen LogP contribution is 2.25. The molecule has 0 atom stereocenters. The number of methoxy groups -OCH3 is 1. The summed E-state index contributed by atoms with van der Waals surface area (Å²) in [4.78, 5) is 16.8. The molecule has 1 aromatic rings. The van der Waals surface area contributed by atoms with Gasteiger partial charge in [0.1, 0.15) is 5.75 Å². The molecule has 3 rings (SSSR count). The molecule has 0 saturated carbocycles. The second-order valence-electron chi connectivity index (χ2n) is 6.62. The molecule has 0 spiro atoms. The summed E-state index contributed by atoms with van der Waals surface area (Å²) in [6.07, 6.45) is 2.79. The van der Waals surface area contributed by atoms with Crippen LogP contribution in [0.25, 0.3) is 0 Å². The SMILES string of the molecule is COc1cccc2c1CCN(C(=O)NCCN1CCCOCC1)CC2. The van der Waals surface area contributed by atoms with E-state index in [0.717, 1.165) is 70.9 Å². The van der Waals surface area contributed by atoms with E-state index in [4.69, 9.17) is 9.47 Å². The van der Waals surface area contributed by atoms with E-state index in [1.54, 1.807) is 7.11 Å². The van der Waals surface area contributed by atoms with Gasteiger partial charge in [-0.25, -0.2) is 4.79 Å². The Labute approximate surface area is 150 Å². The van der Waals surface area contributed by atoms with Gasteiger partial charge in [0, 0.05) is 45.9 Å². The summed E-state index contributed by atoms with van der Waals surface area (Å²) < 4.78 is 10.9. The van der Waals surface area contributed by atoms with Gasteiger partial charge in [-0.05, 0) is 36.5 Å². The van der Waals surface area contributed by atoms with Gasteiger partial charge in [-0.2, -0.15) is 0 Å². The molecule has 0 radical (unpaired) electrons. The van der Waals surface area contributed by atoms with Crippen LogP contribution in [0.5, 0.6) is 5.75 Å². The summed E-state index contributed by atoms with van der Waals surface area (Å²) in [6.45, 7) is 6.70. The summed E-state index contributed by atoms with van der Waals surface area (Å²) in [5, 5.41) is 3.08. The number of nitrogens with one attached hydrogen (secondary N) is 1. The van der Waals surface area contributed by atoms with Gasteiger partial charge in [-0.15, -0.1) is 0 Å². The fourth-order valence-electron chi connectivity index (χ4n) is 3.59. The Hall–Kier alpha value is -1.79. The van der Waals surface area contributed by atoms with E-state index in [1.807, 2.05) is 17.0 Å². The standard InChI is InChI=1S/C19H29N3O3/c1-24-18-5-2-4-16-6-10-22(11-7-17(16)18)19(23)20-8-12-21-9-3-14-25-15-13-21/h2,4-5H,3,6-15H2,1H3,(H,20,23). The van der Waals surface area contributed by atoms with Crippen molar-refractivity contribution in [3.05, 3.63) is 29.3 Å². The molecule has 25 heavy (non-hydrogen) atoms. The zero-order chi connectivity index (χ0) is 17.5. The van der Waals surface area contributed by atoms with Gasteiger partial charge in [0.05, 0.1) is 13.7 Å². The third-order valence-electron chi connectivity index (χ3n) is 5.04. The fraction of sp³-hybridized carbons (Fsp3) is 0.632. The Morgan fingerprint density at radius 3 is 2.96 bits per heavy atom. The van der Waals surface area contributed by atoms with Gasteiger partial charge in [-0.3, -0.25) is 4.90 Å². The summed E-state index contributed by atoms with van der Waals surface area (Å²) in [6, 6.07) is 6.20. The number of nitrogens with zero attached hydrogens (tertiary/aromatic N) is 2. The molecular weight excluding hydrogens is 318 g/mol. The number of benzene rings is 1. The lowest BCUT2D eigenvalue weighted by atomic mass is 10.0. The third kappa shape index (κ3) is 4.86. The lowest BCUT2D eigenvalue weighted by molar-refractivity contribution is 0.141. The van der Waals surface area contributed by atoms with E-state index in [9.17, 15) is 4.79 Å². The van der Waals surface area contributed by atoms with Crippen molar-refractivity contribution in [1.29, 1.82) is 0 Å². The maximum absolute atomic E-state index is 12.5. The highest BCUT2D eigenvalue weighted by atomic mass is 16.5. The predicted octanol–water partition coefficient (Wildman–Crippen LogP) is 1.53. The molecule has 1 N–H and O–H groups in total. The van der Waals surface area contributed by atoms with Crippen molar-refractivity contribution in [3.63, 3.8) is 0 Å². The molecule has 0 aliphatic carbocycles. The van der Waals surface area contributed by atoms with E-state index >= 15 is 0 Å². The third-order valence-corrected chi connectivity index (χ3v) is 5.04. The minimum Gasteiger partial charge on any atom is -0.496 e. The number of urea groups is 1. The zero-order valence-electron chi connectivity index (χ0n) is 15.1. The number of fused-ring (bicyclic) bond motifs is 1. The number of carbonyl (C=O) groups excluding carboxylic acids is 1. The largest absolute Gasteiger partial charge is 0.496 e. The minimum absolute atomic E-state index is 0.0397. The predicted molar refractivity (Wildman–Crippen MR) is 97.2 cm³/mol. The molecular formula is C19H29N3O3. The zero-order valence-corrected chi connectivity index (χ0v) is 15.1. The van der Waals surface area contributed by atoms with Crippen LogP contribution in [0.2, 0.25) is 0 Å². The topological polar surface area (TPSA) is 54.0 Å². The maximum atomic E-state index is 12.5. The number of hydrogen-bond acceptors (Lipinski definition) is 4. The van der Waals surface area contributed by atoms with Crippen molar-refractivity contribution < 1.29 is 14.3 Å². The van der Waals surface area contributed by atoms with E-state index < -0.39 is 0 Å². The Balaban J connectivity index is 1.47. The van der Waals surface area contributed by atoms with Crippen molar-refractivity contribution in [2.24, 2.45) is 0 Å². The second-order valence-corrected chi connectivity index (χ2v) is 6.62. The molecule has 138 valence electrons. The summed E-state index contributed by atoms with van der Waals surface area (Å²) in [7, 11) is 1.71. The quantitative estimate of drug-likeness (QED) is 0.897. The average molecular weight is 347 g/mol. The Kier molecular flexibility index (Phi) is 6.53. The lowest BCUT2D eigenvalue weighted by Crippen LogP contribution is -2.44. The molecule has 2 aliphatic heterocycles. The van der Waals surface area contributed by atoms with Crippen LogP contribution in [0.15, 0.2) is 18.2 Å². The Morgan fingerprint density at radius 2 is 2.08 bits per heavy atom. The fourth-order valence-corrected chi connectivity index (χ4v) is 3.59. The number of hydrogen-bond donors (Lipinski definition) is 1. The molecule has 2 aliphatic rings. The van der Waals surface area contributed by atoms with Gasteiger partial charge in [0.25, 0.3) is 0 Å². The lowest BCUT2D eigenvalue weighted by Gasteiger charge is -2.23. The molecule has 1 aromatic carbocycles. The summed E-state index contributed by atoms with van der Waals surface area (Å²) in [5.74, 6) is 0.933. The first kappa shape index (κ1) is 18.0. The van der Waals surface area contributed by atoms with Crippen LogP contribution in [0, 0.1) is 0 Å². The normalized spacial score (nSPS) is 18.8. The second kappa shape index (κ2) is 9.06. The first-order valence-corrected chi connectivity index (χ1v) is 9.25. The van der Waals surface area contributed by atoms with Crippen LogP contribution < -0.4 is 10.1 Å². The molecule has 0 unspecified atom stereocenters. The van der Waals surface area contributed by atoms with Crippen molar-refractivity contribution in [1.82, 2.24) is 15.1 Å². The van der Waals surface area contributed by atoms with E-state index in [0.29, 0.717) is 6.54 Å². The summed E-state index contributed by atoms with van der Waals surface area (Å²) >= 11 is 0. The van der Waals surface area contributed by atoms with Gasteiger partial charge < -0.3 is 19.7 Å².